The minimum Gasteiger partial charge on any atom is -0.497 e. The molecule has 0 aliphatic heterocycles. The molecule has 2 aromatic carbocycles. The predicted octanol–water partition coefficient (Wildman–Crippen LogP) is 3.98. The highest BCUT2D eigenvalue weighted by Crippen LogP contribution is 2.26. The summed E-state index contributed by atoms with van der Waals surface area (Å²) in [6, 6.07) is 6.22. The van der Waals surface area contributed by atoms with Crippen LogP contribution in [0.2, 0.25) is 0 Å². The van der Waals surface area contributed by atoms with E-state index in [2.05, 4.69) is 15.9 Å². The first-order valence-electron chi connectivity index (χ1n) is 5.88. The zero-order valence-electron chi connectivity index (χ0n) is 11.2. The molecule has 0 spiro atoms. The molecule has 0 unspecified atom stereocenters. The van der Waals surface area contributed by atoms with Crippen molar-refractivity contribution in [2.75, 3.05) is 14.2 Å². The van der Waals surface area contributed by atoms with Crippen LogP contribution in [0.3, 0.4) is 0 Å². The van der Waals surface area contributed by atoms with E-state index >= 15 is 0 Å². The monoisotopic (exact) mass is 356 g/mol. The molecule has 0 aliphatic rings. The fraction of sp³-hybridized carbons (Fsp3) is 0.133. The zero-order valence-corrected chi connectivity index (χ0v) is 12.8. The van der Waals surface area contributed by atoms with Crippen LogP contribution in [0.1, 0.15) is 15.9 Å². The fourth-order valence-corrected chi connectivity index (χ4v) is 2.11. The Kier molecular flexibility index (Phi) is 4.57. The average molecular weight is 357 g/mol. The molecular weight excluding hydrogens is 346 g/mol. The van der Waals surface area contributed by atoms with Crippen molar-refractivity contribution < 1.29 is 23.0 Å². The number of hydrogen-bond donors (Lipinski definition) is 0. The molecule has 0 heterocycles. The number of methoxy groups -OCH3 is 2. The number of benzene rings is 2. The summed E-state index contributed by atoms with van der Waals surface area (Å²) >= 11 is 2.86. The van der Waals surface area contributed by atoms with Gasteiger partial charge in [0.25, 0.3) is 0 Å². The molecule has 2 rings (SSSR count). The van der Waals surface area contributed by atoms with Crippen LogP contribution in [0.4, 0.5) is 8.78 Å². The van der Waals surface area contributed by atoms with Gasteiger partial charge in [0, 0.05) is 11.6 Å². The molecule has 2 aromatic rings. The molecular formula is C15H11BrF2O3. The van der Waals surface area contributed by atoms with Gasteiger partial charge in [-0.15, -0.1) is 0 Å². The molecule has 0 fully saturated rings. The van der Waals surface area contributed by atoms with E-state index in [1.807, 2.05) is 0 Å². The molecule has 0 aromatic heterocycles. The van der Waals surface area contributed by atoms with E-state index in [4.69, 9.17) is 9.47 Å². The molecule has 0 radical (unpaired) electrons. The Balaban J connectivity index is 2.52. The Morgan fingerprint density at radius 3 is 2.05 bits per heavy atom. The predicted molar refractivity (Wildman–Crippen MR) is 77.0 cm³/mol. The number of halogens is 3. The number of carbonyl (C=O) groups is 1. The summed E-state index contributed by atoms with van der Waals surface area (Å²) in [5, 5.41) is 0. The Morgan fingerprint density at radius 2 is 1.52 bits per heavy atom. The van der Waals surface area contributed by atoms with Gasteiger partial charge in [0.05, 0.1) is 24.3 Å². The molecule has 110 valence electrons. The van der Waals surface area contributed by atoms with Crippen LogP contribution in [-0.2, 0) is 0 Å². The van der Waals surface area contributed by atoms with Crippen molar-refractivity contribution in [1.82, 2.24) is 0 Å². The van der Waals surface area contributed by atoms with E-state index in [-0.39, 0.29) is 15.6 Å². The van der Waals surface area contributed by atoms with Crippen molar-refractivity contribution in [2.24, 2.45) is 0 Å². The third kappa shape index (κ3) is 3.21. The van der Waals surface area contributed by atoms with Crippen LogP contribution in [0, 0.1) is 11.6 Å². The Labute approximate surface area is 128 Å². The summed E-state index contributed by atoms with van der Waals surface area (Å²) in [6.07, 6.45) is 0. The first-order valence-corrected chi connectivity index (χ1v) is 6.68. The summed E-state index contributed by atoms with van der Waals surface area (Å²) < 4.78 is 37.4. The summed E-state index contributed by atoms with van der Waals surface area (Å²) in [7, 11) is 2.87. The van der Waals surface area contributed by atoms with Gasteiger partial charge in [-0.05, 0) is 40.2 Å². The largest absolute Gasteiger partial charge is 0.497 e. The van der Waals surface area contributed by atoms with Crippen molar-refractivity contribution in [1.29, 1.82) is 0 Å². The molecule has 0 saturated heterocycles. The SMILES string of the molecule is COc1cc(OC)cc(C(=O)c2cc(F)c(Br)cc2F)c1. The molecule has 0 saturated carbocycles. The highest BCUT2D eigenvalue weighted by molar-refractivity contribution is 9.10. The maximum Gasteiger partial charge on any atom is 0.196 e. The number of rotatable bonds is 4. The van der Waals surface area contributed by atoms with Crippen LogP contribution in [0.5, 0.6) is 11.5 Å². The molecule has 0 atom stereocenters. The zero-order chi connectivity index (χ0) is 15.6. The maximum absolute atomic E-state index is 13.9. The number of carbonyl (C=O) groups excluding carboxylic acids is 1. The summed E-state index contributed by atoms with van der Waals surface area (Å²) in [6.45, 7) is 0. The van der Waals surface area contributed by atoms with Gasteiger partial charge in [-0.3, -0.25) is 4.79 Å². The molecule has 3 nitrogen and oxygen atoms in total. The van der Waals surface area contributed by atoms with Crippen molar-refractivity contribution in [3.05, 3.63) is 57.6 Å². The van der Waals surface area contributed by atoms with Gasteiger partial charge in [0.2, 0.25) is 0 Å². The van der Waals surface area contributed by atoms with Crippen molar-refractivity contribution in [3.63, 3.8) is 0 Å². The quantitative estimate of drug-likeness (QED) is 0.614. The number of ketones is 1. The lowest BCUT2D eigenvalue weighted by Crippen LogP contribution is -2.06. The smallest absolute Gasteiger partial charge is 0.196 e. The van der Waals surface area contributed by atoms with E-state index in [0.717, 1.165) is 12.1 Å². The van der Waals surface area contributed by atoms with E-state index in [1.54, 1.807) is 6.07 Å². The highest BCUT2D eigenvalue weighted by atomic mass is 79.9. The van der Waals surface area contributed by atoms with Crippen molar-refractivity contribution >= 4 is 21.7 Å². The second kappa shape index (κ2) is 6.22. The molecule has 0 bridgehead atoms. The van der Waals surface area contributed by atoms with Gasteiger partial charge < -0.3 is 9.47 Å². The molecule has 6 heteroatoms. The Hall–Kier alpha value is -1.95. The Morgan fingerprint density at radius 1 is 0.952 bits per heavy atom. The summed E-state index contributed by atoms with van der Waals surface area (Å²) in [5.41, 5.74) is -0.210. The van der Waals surface area contributed by atoms with Gasteiger partial charge in [0.15, 0.2) is 5.78 Å². The van der Waals surface area contributed by atoms with Crippen LogP contribution >= 0.6 is 15.9 Å². The first kappa shape index (κ1) is 15.4. The Bertz CT molecular complexity index is 679. The van der Waals surface area contributed by atoms with Crippen LogP contribution < -0.4 is 9.47 Å². The van der Waals surface area contributed by atoms with Crippen molar-refractivity contribution in [3.8, 4) is 11.5 Å². The lowest BCUT2D eigenvalue weighted by molar-refractivity contribution is 0.103. The van der Waals surface area contributed by atoms with Gasteiger partial charge in [-0.25, -0.2) is 8.78 Å². The second-order valence-corrected chi connectivity index (χ2v) is 5.03. The topological polar surface area (TPSA) is 35.5 Å². The van der Waals surface area contributed by atoms with E-state index in [1.165, 1.54) is 26.4 Å². The average Bonchev–Trinajstić information content (AvgIpc) is 2.49. The normalized spacial score (nSPS) is 10.3. The molecule has 21 heavy (non-hydrogen) atoms. The summed E-state index contributed by atoms with van der Waals surface area (Å²) in [5.74, 6) is -1.41. The highest BCUT2D eigenvalue weighted by Gasteiger charge is 2.18. The minimum absolute atomic E-state index is 0.0419. The fourth-order valence-electron chi connectivity index (χ4n) is 1.79. The van der Waals surface area contributed by atoms with Gasteiger partial charge in [0.1, 0.15) is 23.1 Å². The maximum atomic E-state index is 13.9. The third-order valence-corrected chi connectivity index (χ3v) is 3.48. The summed E-state index contributed by atoms with van der Waals surface area (Å²) in [4.78, 5) is 12.3. The third-order valence-electron chi connectivity index (χ3n) is 2.87. The number of ether oxygens (including phenoxy) is 2. The molecule has 0 aliphatic carbocycles. The van der Waals surface area contributed by atoms with E-state index in [9.17, 15) is 13.6 Å². The second-order valence-electron chi connectivity index (χ2n) is 4.18. The van der Waals surface area contributed by atoms with Crippen molar-refractivity contribution in [2.45, 2.75) is 0 Å². The molecule has 0 N–H and O–H groups in total. The van der Waals surface area contributed by atoms with Gasteiger partial charge >= 0.3 is 0 Å². The van der Waals surface area contributed by atoms with Crippen LogP contribution in [0.25, 0.3) is 0 Å². The first-order chi connectivity index (χ1) is 9.96. The number of hydrogen-bond acceptors (Lipinski definition) is 3. The van der Waals surface area contributed by atoms with Crippen LogP contribution in [0.15, 0.2) is 34.8 Å². The minimum atomic E-state index is -0.810. The molecule has 0 amide bonds. The lowest BCUT2D eigenvalue weighted by Gasteiger charge is -2.09. The van der Waals surface area contributed by atoms with Crippen LogP contribution in [-0.4, -0.2) is 20.0 Å². The van der Waals surface area contributed by atoms with Gasteiger partial charge in [-0.1, -0.05) is 0 Å². The van der Waals surface area contributed by atoms with E-state index < -0.39 is 17.4 Å². The standard InChI is InChI=1S/C15H11BrF2O3/c1-20-9-3-8(4-10(5-9)21-2)15(19)11-6-14(18)12(16)7-13(11)17/h3-7H,1-2H3. The van der Waals surface area contributed by atoms with E-state index in [0.29, 0.717) is 11.5 Å². The lowest BCUT2D eigenvalue weighted by atomic mass is 10.0. The van der Waals surface area contributed by atoms with Gasteiger partial charge in [-0.2, -0.15) is 0 Å².